The van der Waals surface area contributed by atoms with Crippen LogP contribution in [0.1, 0.15) is 37.3 Å². The molecule has 0 spiro atoms. The van der Waals surface area contributed by atoms with E-state index in [1.54, 1.807) is 0 Å². The van der Waals surface area contributed by atoms with Crippen molar-refractivity contribution in [1.82, 2.24) is 0 Å². The van der Waals surface area contributed by atoms with Crippen LogP contribution in [0, 0.1) is 17.2 Å². The van der Waals surface area contributed by atoms with Crippen LogP contribution >= 0.6 is 0 Å². The fourth-order valence-corrected chi connectivity index (χ4v) is 3.11. The molecule has 118 valence electrons. The molecule has 0 saturated heterocycles. The maximum absolute atomic E-state index is 12.0. The van der Waals surface area contributed by atoms with E-state index in [-0.39, 0.29) is 0 Å². The topological polar surface area (TPSA) is 61.1 Å². The largest absolute Gasteiger partial charge is 0.481 e. The van der Waals surface area contributed by atoms with Gasteiger partial charge in [-0.25, -0.2) is 0 Å². The Morgan fingerprint density at radius 3 is 1.91 bits per heavy atom. The van der Waals surface area contributed by atoms with Gasteiger partial charge in [0, 0.05) is 0 Å². The molecule has 0 amide bonds. The van der Waals surface area contributed by atoms with Crippen LogP contribution in [0.25, 0.3) is 0 Å². The smallest absolute Gasteiger partial charge is 0.308 e. The van der Waals surface area contributed by atoms with E-state index in [4.69, 9.17) is 0 Å². The van der Waals surface area contributed by atoms with Crippen molar-refractivity contribution >= 4 is 5.97 Å². The van der Waals surface area contributed by atoms with Crippen molar-refractivity contribution in [2.75, 3.05) is 0 Å². The van der Waals surface area contributed by atoms with Gasteiger partial charge in [0.15, 0.2) is 0 Å². The van der Waals surface area contributed by atoms with Gasteiger partial charge in [-0.05, 0) is 17.5 Å². The van der Waals surface area contributed by atoms with Crippen LogP contribution in [0.3, 0.4) is 0 Å². The maximum atomic E-state index is 12.0. The molecule has 0 fully saturated rings. The molecule has 0 aromatic heterocycles. The van der Waals surface area contributed by atoms with E-state index in [1.165, 1.54) is 0 Å². The summed E-state index contributed by atoms with van der Waals surface area (Å²) in [6, 6.07) is 20.9. The fourth-order valence-electron chi connectivity index (χ4n) is 3.11. The van der Waals surface area contributed by atoms with Crippen LogP contribution < -0.4 is 0 Å². The molecule has 0 heterocycles. The number of nitrogens with zero attached hydrogens (tertiary/aromatic N) is 1. The van der Waals surface area contributed by atoms with Gasteiger partial charge in [0.25, 0.3) is 0 Å². The molecule has 2 aromatic rings. The highest BCUT2D eigenvalue weighted by molar-refractivity contribution is 5.75. The van der Waals surface area contributed by atoms with E-state index >= 15 is 0 Å². The minimum absolute atomic E-state index is 0.475. The van der Waals surface area contributed by atoms with Crippen LogP contribution in [-0.4, -0.2) is 11.1 Å². The summed E-state index contributed by atoms with van der Waals surface area (Å²) in [5.41, 5.74) is 0.290. The first-order valence-electron chi connectivity index (χ1n) is 7.92. The summed E-state index contributed by atoms with van der Waals surface area (Å²) in [4.78, 5) is 12.0. The molecule has 1 unspecified atom stereocenters. The Bertz CT molecular complexity index is 634. The first-order chi connectivity index (χ1) is 11.2. The van der Waals surface area contributed by atoms with Gasteiger partial charge in [0.2, 0.25) is 0 Å². The summed E-state index contributed by atoms with van der Waals surface area (Å²) < 4.78 is 0. The Morgan fingerprint density at radius 1 is 1.09 bits per heavy atom. The fraction of sp³-hybridized carbons (Fsp3) is 0.300. The second-order valence-corrected chi connectivity index (χ2v) is 5.68. The summed E-state index contributed by atoms with van der Waals surface area (Å²) in [7, 11) is 0. The van der Waals surface area contributed by atoms with Gasteiger partial charge in [-0.15, -0.1) is 0 Å². The molecule has 2 aromatic carbocycles. The lowest BCUT2D eigenvalue weighted by atomic mass is 9.65. The number of rotatable bonds is 7. The highest BCUT2D eigenvalue weighted by Crippen LogP contribution is 2.41. The van der Waals surface area contributed by atoms with E-state index in [2.05, 4.69) is 6.07 Å². The highest BCUT2D eigenvalue weighted by Gasteiger charge is 2.46. The summed E-state index contributed by atoms with van der Waals surface area (Å²) in [5, 5.41) is 19.9. The molecule has 23 heavy (non-hydrogen) atoms. The van der Waals surface area contributed by atoms with Crippen molar-refractivity contribution < 1.29 is 9.90 Å². The van der Waals surface area contributed by atoms with Crippen LogP contribution in [0.2, 0.25) is 0 Å². The molecule has 1 atom stereocenters. The van der Waals surface area contributed by atoms with Crippen LogP contribution in [0.4, 0.5) is 0 Å². The molecular weight excluding hydrogens is 286 g/mol. The number of nitriles is 1. The lowest BCUT2D eigenvalue weighted by Gasteiger charge is -2.33. The van der Waals surface area contributed by atoms with Crippen molar-refractivity contribution in [1.29, 1.82) is 5.26 Å². The van der Waals surface area contributed by atoms with Crippen LogP contribution in [0.15, 0.2) is 60.7 Å². The Labute approximate surface area is 137 Å². The predicted octanol–water partition coefficient (Wildman–Crippen LogP) is 4.39. The third-order valence-electron chi connectivity index (χ3n) is 4.30. The molecule has 0 aliphatic rings. The number of hydrogen-bond acceptors (Lipinski definition) is 2. The van der Waals surface area contributed by atoms with E-state index in [9.17, 15) is 15.2 Å². The summed E-state index contributed by atoms with van der Waals surface area (Å²) in [6.45, 7) is 2.03. The second kappa shape index (κ2) is 7.60. The van der Waals surface area contributed by atoms with Crippen LogP contribution in [-0.2, 0) is 10.2 Å². The number of benzene rings is 2. The third kappa shape index (κ3) is 3.27. The van der Waals surface area contributed by atoms with Crippen molar-refractivity contribution in [3.05, 3.63) is 71.8 Å². The minimum atomic E-state index is -1.18. The van der Waals surface area contributed by atoms with Crippen molar-refractivity contribution in [3.8, 4) is 6.07 Å². The first kappa shape index (κ1) is 16.8. The molecule has 0 aliphatic heterocycles. The Morgan fingerprint density at radius 2 is 1.57 bits per heavy atom. The minimum Gasteiger partial charge on any atom is -0.481 e. The molecule has 3 heteroatoms. The number of unbranched alkanes of at least 4 members (excludes halogenated alkanes) is 1. The quantitative estimate of drug-likeness (QED) is 0.825. The third-order valence-corrected chi connectivity index (χ3v) is 4.30. The molecular formula is C20H21NO2. The molecule has 0 saturated carbocycles. The van der Waals surface area contributed by atoms with Gasteiger partial charge < -0.3 is 5.11 Å². The number of carboxylic acids is 1. The van der Waals surface area contributed by atoms with E-state index in [0.717, 1.165) is 24.0 Å². The van der Waals surface area contributed by atoms with Gasteiger partial charge in [-0.1, -0.05) is 80.4 Å². The Balaban J connectivity index is 2.68. The number of hydrogen-bond donors (Lipinski definition) is 1. The number of carbonyl (C=O) groups is 1. The standard InChI is InChI=1S/C20H21NO2/c1-2-3-14-18(19(22)23)20(15-21,16-10-6-4-7-11-16)17-12-8-5-9-13-17/h4-13,18H,2-3,14H2,1H3,(H,22,23). The van der Waals surface area contributed by atoms with Crippen molar-refractivity contribution in [2.45, 2.75) is 31.6 Å². The van der Waals surface area contributed by atoms with E-state index in [1.807, 2.05) is 67.6 Å². The zero-order chi connectivity index (χ0) is 16.7. The van der Waals surface area contributed by atoms with Gasteiger partial charge in [0.1, 0.15) is 5.41 Å². The molecule has 0 radical (unpaired) electrons. The number of carboxylic acid groups (broad SMARTS) is 1. The zero-order valence-corrected chi connectivity index (χ0v) is 13.3. The average molecular weight is 307 g/mol. The molecule has 3 nitrogen and oxygen atoms in total. The lowest BCUT2D eigenvalue weighted by Crippen LogP contribution is -2.40. The summed E-state index contributed by atoms with van der Waals surface area (Å²) in [5.74, 6) is -1.70. The van der Waals surface area contributed by atoms with E-state index in [0.29, 0.717) is 6.42 Å². The number of aliphatic carboxylic acids is 1. The van der Waals surface area contributed by atoms with Gasteiger partial charge in [-0.3, -0.25) is 4.79 Å². The average Bonchev–Trinajstić information content (AvgIpc) is 2.60. The Kier molecular flexibility index (Phi) is 5.54. The maximum Gasteiger partial charge on any atom is 0.308 e. The monoisotopic (exact) mass is 307 g/mol. The Hall–Kier alpha value is -2.60. The molecule has 0 aliphatic carbocycles. The zero-order valence-electron chi connectivity index (χ0n) is 13.3. The second-order valence-electron chi connectivity index (χ2n) is 5.68. The van der Waals surface area contributed by atoms with Gasteiger partial charge >= 0.3 is 5.97 Å². The highest BCUT2D eigenvalue weighted by atomic mass is 16.4. The normalized spacial score (nSPS) is 12.3. The van der Waals surface area contributed by atoms with Gasteiger partial charge in [-0.2, -0.15) is 5.26 Å². The molecule has 2 rings (SSSR count). The van der Waals surface area contributed by atoms with Crippen molar-refractivity contribution in [2.24, 2.45) is 5.92 Å². The van der Waals surface area contributed by atoms with Crippen LogP contribution in [0.5, 0.6) is 0 Å². The predicted molar refractivity (Wildman–Crippen MR) is 89.9 cm³/mol. The lowest BCUT2D eigenvalue weighted by molar-refractivity contribution is -0.143. The summed E-state index contributed by atoms with van der Waals surface area (Å²) >= 11 is 0. The molecule has 0 bridgehead atoms. The van der Waals surface area contributed by atoms with E-state index < -0.39 is 17.3 Å². The molecule has 1 N–H and O–H groups in total. The SMILES string of the molecule is CCCCC(C(=O)O)C(C#N)(c1ccccc1)c1ccccc1. The van der Waals surface area contributed by atoms with Crippen molar-refractivity contribution in [3.63, 3.8) is 0 Å². The van der Waals surface area contributed by atoms with Gasteiger partial charge in [0.05, 0.1) is 12.0 Å². The summed E-state index contributed by atoms with van der Waals surface area (Å²) in [6.07, 6.45) is 2.15. The first-order valence-corrected chi connectivity index (χ1v) is 7.92.